The molecule has 4 heteroatoms. The standard InChI is InChI=1S/C25H38O4/c1-16-7-6-8-17(2)13-14-25(5)20(11-10-18(3)21(27)12-9-16)22(19(4)15-26)23(28)24(25)29/h7,10,13,19-21,26-28H,6,8-9,11-12,14-15H2,1-5H3. The quantitative estimate of drug-likeness (QED) is 0.556. The average Bonchev–Trinajstić information content (AvgIpc) is 2.88. The summed E-state index contributed by atoms with van der Waals surface area (Å²) in [6.07, 6.45) is 10.4. The highest BCUT2D eigenvalue weighted by atomic mass is 16.3. The molecule has 0 saturated carbocycles. The predicted octanol–water partition coefficient (Wildman–Crippen LogP) is 5.19. The van der Waals surface area contributed by atoms with Crippen molar-refractivity contribution >= 4 is 5.78 Å². The Morgan fingerprint density at radius 1 is 1.14 bits per heavy atom. The van der Waals surface area contributed by atoms with Gasteiger partial charge in [-0.25, -0.2) is 0 Å². The van der Waals surface area contributed by atoms with E-state index in [-0.39, 0.29) is 30.0 Å². The number of hydrogen-bond donors (Lipinski definition) is 3. The molecule has 4 unspecified atom stereocenters. The molecule has 2 rings (SSSR count). The van der Waals surface area contributed by atoms with Crippen LogP contribution in [0.25, 0.3) is 0 Å². The fourth-order valence-electron chi connectivity index (χ4n) is 4.53. The Balaban J connectivity index is 2.46. The van der Waals surface area contributed by atoms with Gasteiger partial charge in [0, 0.05) is 23.9 Å². The molecular formula is C25H38O4. The van der Waals surface area contributed by atoms with Crippen molar-refractivity contribution in [2.75, 3.05) is 6.61 Å². The minimum absolute atomic E-state index is 0.107. The number of Topliss-reactive ketones (excluding diaryl/α,β-unsaturated/α-hetero) is 1. The van der Waals surface area contributed by atoms with Gasteiger partial charge in [0.1, 0.15) is 0 Å². The summed E-state index contributed by atoms with van der Waals surface area (Å²) in [5, 5.41) is 30.9. The number of hydrogen-bond acceptors (Lipinski definition) is 4. The zero-order valence-corrected chi connectivity index (χ0v) is 18.7. The molecule has 0 aromatic carbocycles. The molecule has 0 spiro atoms. The molecule has 162 valence electrons. The third-order valence-electron chi connectivity index (χ3n) is 6.88. The lowest BCUT2D eigenvalue weighted by Crippen LogP contribution is -2.32. The minimum atomic E-state index is -0.738. The van der Waals surface area contributed by atoms with Gasteiger partial charge in [-0.2, -0.15) is 0 Å². The lowest BCUT2D eigenvalue weighted by atomic mass is 9.70. The van der Waals surface area contributed by atoms with E-state index in [1.165, 1.54) is 11.1 Å². The summed E-state index contributed by atoms with van der Waals surface area (Å²) in [5.41, 5.74) is 3.36. The van der Waals surface area contributed by atoms with Crippen LogP contribution in [0.5, 0.6) is 0 Å². The number of ketones is 1. The highest BCUT2D eigenvalue weighted by Gasteiger charge is 2.51. The Labute approximate surface area is 175 Å². The molecule has 0 aromatic rings. The van der Waals surface area contributed by atoms with Gasteiger partial charge in [0.25, 0.3) is 0 Å². The smallest absolute Gasteiger partial charge is 0.203 e. The Morgan fingerprint density at radius 2 is 1.79 bits per heavy atom. The van der Waals surface area contributed by atoms with Crippen LogP contribution in [-0.2, 0) is 4.79 Å². The van der Waals surface area contributed by atoms with Crippen molar-refractivity contribution in [1.29, 1.82) is 0 Å². The van der Waals surface area contributed by atoms with Gasteiger partial charge in [-0.05, 0) is 70.4 Å². The van der Waals surface area contributed by atoms with Crippen LogP contribution in [0, 0.1) is 17.3 Å². The monoisotopic (exact) mass is 402 g/mol. The Morgan fingerprint density at radius 3 is 2.45 bits per heavy atom. The van der Waals surface area contributed by atoms with E-state index in [1.807, 2.05) is 26.8 Å². The number of aliphatic hydroxyl groups excluding tert-OH is 3. The van der Waals surface area contributed by atoms with E-state index in [0.717, 1.165) is 24.8 Å². The predicted molar refractivity (Wildman–Crippen MR) is 117 cm³/mol. The second-order valence-corrected chi connectivity index (χ2v) is 9.27. The first-order valence-electron chi connectivity index (χ1n) is 10.9. The van der Waals surface area contributed by atoms with Crippen molar-refractivity contribution in [3.8, 4) is 0 Å². The molecule has 0 bridgehead atoms. The molecule has 3 N–H and O–H groups in total. The molecule has 2 aliphatic carbocycles. The topological polar surface area (TPSA) is 77.8 Å². The normalized spacial score (nSPS) is 31.3. The van der Waals surface area contributed by atoms with Gasteiger partial charge < -0.3 is 15.3 Å². The SMILES string of the molecule is CC1=CCC2(C)C(=O)C(O)=C(C(C)CO)C2CC=C(C)C(O)CCC(C)=CCC1. The van der Waals surface area contributed by atoms with Crippen molar-refractivity contribution < 1.29 is 20.1 Å². The molecule has 0 radical (unpaired) electrons. The fourth-order valence-corrected chi connectivity index (χ4v) is 4.53. The number of rotatable bonds is 2. The molecular weight excluding hydrogens is 364 g/mol. The molecule has 4 nitrogen and oxygen atoms in total. The highest BCUT2D eigenvalue weighted by molar-refractivity contribution is 6.02. The van der Waals surface area contributed by atoms with Gasteiger partial charge >= 0.3 is 0 Å². The van der Waals surface area contributed by atoms with Crippen molar-refractivity contribution in [3.63, 3.8) is 0 Å². The zero-order chi connectivity index (χ0) is 21.8. The van der Waals surface area contributed by atoms with Gasteiger partial charge in [0.05, 0.1) is 6.10 Å². The van der Waals surface area contributed by atoms with Crippen LogP contribution in [0.4, 0.5) is 0 Å². The maximum absolute atomic E-state index is 13.1. The molecule has 2 aliphatic rings. The third kappa shape index (κ3) is 5.29. The van der Waals surface area contributed by atoms with Gasteiger partial charge in [-0.15, -0.1) is 0 Å². The summed E-state index contributed by atoms with van der Waals surface area (Å²) >= 11 is 0. The lowest BCUT2D eigenvalue weighted by molar-refractivity contribution is -0.126. The van der Waals surface area contributed by atoms with E-state index in [2.05, 4.69) is 26.0 Å². The summed E-state index contributed by atoms with van der Waals surface area (Å²) in [5.74, 6) is -0.860. The lowest BCUT2D eigenvalue weighted by Gasteiger charge is -2.32. The van der Waals surface area contributed by atoms with Crippen molar-refractivity contribution in [2.24, 2.45) is 17.3 Å². The number of aliphatic hydroxyl groups is 3. The van der Waals surface area contributed by atoms with Crippen LogP contribution < -0.4 is 0 Å². The summed E-state index contributed by atoms with van der Waals surface area (Å²) in [4.78, 5) is 13.1. The molecule has 0 saturated heterocycles. The summed E-state index contributed by atoms with van der Waals surface area (Å²) in [6.45, 7) is 9.81. The highest BCUT2D eigenvalue weighted by Crippen LogP contribution is 2.50. The van der Waals surface area contributed by atoms with E-state index in [1.54, 1.807) is 0 Å². The van der Waals surface area contributed by atoms with E-state index in [0.29, 0.717) is 24.8 Å². The number of carbonyl (C=O) groups is 1. The average molecular weight is 403 g/mol. The van der Waals surface area contributed by atoms with Crippen LogP contribution in [0.15, 0.2) is 46.3 Å². The van der Waals surface area contributed by atoms with Crippen LogP contribution in [0.1, 0.15) is 73.1 Å². The Hall–Kier alpha value is -1.65. The van der Waals surface area contributed by atoms with Gasteiger partial charge in [0.2, 0.25) is 5.78 Å². The maximum atomic E-state index is 13.1. The zero-order valence-electron chi connectivity index (χ0n) is 18.7. The van der Waals surface area contributed by atoms with Crippen LogP contribution in [0.2, 0.25) is 0 Å². The number of fused-ring (bicyclic) bond motifs is 1. The van der Waals surface area contributed by atoms with Crippen LogP contribution in [0.3, 0.4) is 0 Å². The van der Waals surface area contributed by atoms with Crippen LogP contribution >= 0.6 is 0 Å². The first-order valence-corrected chi connectivity index (χ1v) is 10.9. The molecule has 0 fully saturated rings. The van der Waals surface area contributed by atoms with E-state index in [4.69, 9.17) is 0 Å². The summed E-state index contributed by atoms with van der Waals surface area (Å²) in [6, 6.07) is 0. The van der Waals surface area contributed by atoms with Crippen molar-refractivity contribution in [3.05, 3.63) is 46.3 Å². The van der Waals surface area contributed by atoms with Gasteiger partial charge in [-0.3, -0.25) is 4.79 Å². The van der Waals surface area contributed by atoms with E-state index >= 15 is 0 Å². The second kappa shape index (κ2) is 9.90. The first-order chi connectivity index (χ1) is 13.6. The minimum Gasteiger partial charge on any atom is -0.504 e. The van der Waals surface area contributed by atoms with Gasteiger partial charge in [0.15, 0.2) is 5.76 Å². The second-order valence-electron chi connectivity index (χ2n) is 9.27. The molecule has 29 heavy (non-hydrogen) atoms. The van der Waals surface area contributed by atoms with Crippen molar-refractivity contribution in [1.82, 2.24) is 0 Å². The third-order valence-corrected chi connectivity index (χ3v) is 6.88. The fraction of sp³-hybridized carbons (Fsp3) is 0.640. The molecule has 0 heterocycles. The Bertz CT molecular complexity index is 740. The Kier molecular flexibility index (Phi) is 8.07. The van der Waals surface area contributed by atoms with E-state index in [9.17, 15) is 20.1 Å². The number of allylic oxidation sites excluding steroid dienone is 6. The largest absolute Gasteiger partial charge is 0.504 e. The van der Waals surface area contributed by atoms with Gasteiger partial charge in [-0.1, -0.05) is 43.2 Å². The number of carbonyl (C=O) groups excluding carboxylic acids is 1. The van der Waals surface area contributed by atoms with Crippen molar-refractivity contribution in [2.45, 2.75) is 79.2 Å². The molecule has 4 atom stereocenters. The first kappa shape index (κ1) is 23.6. The molecule has 0 aromatic heterocycles. The molecule has 0 amide bonds. The summed E-state index contributed by atoms with van der Waals surface area (Å²) < 4.78 is 0. The van der Waals surface area contributed by atoms with E-state index < -0.39 is 11.5 Å². The summed E-state index contributed by atoms with van der Waals surface area (Å²) in [7, 11) is 0. The molecule has 0 aliphatic heterocycles. The maximum Gasteiger partial charge on any atom is 0.203 e. The van der Waals surface area contributed by atoms with Crippen LogP contribution in [-0.4, -0.2) is 33.8 Å².